The number of nitrogens with two attached hydrogens (primary N) is 1. The van der Waals surface area contributed by atoms with Crippen LogP contribution in [0.15, 0.2) is 18.2 Å². The molecule has 2 rings (SSSR count). The molecule has 0 bridgehead atoms. The van der Waals surface area contributed by atoms with Gasteiger partial charge in [-0.2, -0.15) is 0 Å². The van der Waals surface area contributed by atoms with E-state index < -0.39 is 5.54 Å². The molecule has 3 N–H and O–H groups in total. The molecule has 1 aliphatic carbocycles. The van der Waals surface area contributed by atoms with E-state index >= 15 is 0 Å². The normalized spacial score (nSPS) is 28.9. The number of fused-ring (bicyclic) bond motifs is 1. The minimum Gasteiger partial charge on any atom is -0.497 e. The molecule has 3 nitrogen and oxygen atoms in total. The number of hydrogen-bond donors (Lipinski definition) is 2. The van der Waals surface area contributed by atoms with Gasteiger partial charge in [0.2, 0.25) is 0 Å². The average molecular weight is 207 g/mol. The highest BCUT2D eigenvalue weighted by molar-refractivity contribution is 5.44. The third kappa shape index (κ3) is 1.43. The Bertz CT molecular complexity index is 378. The van der Waals surface area contributed by atoms with Crippen LogP contribution in [-0.4, -0.2) is 18.8 Å². The first-order valence-corrected chi connectivity index (χ1v) is 5.19. The van der Waals surface area contributed by atoms with Crippen LogP contribution in [0.2, 0.25) is 0 Å². The number of rotatable bonds is 2. The molecular weight excluding hydrogens is 190 g/mol. The van der Waals surface area contributed by atoms with Gasteiger partial charge < -0.3 is 15.6 Å². The van der Waals surface area contributed by atoms with Crippen LogP contribution in [0.1, 0.15) is 18.1 Å². The van der Waals surface area contributed by atoms with E-state index in [1.807, 2.05) is 18.2 Å². The number of hydrogen-bond acceptors (Lipinski definition) is 3. The Labute approximate surface area is 89.9 Å². The van der Waals surface area contributed by atoms with Crippen molar-refractivity contribution in [2.45, 2.75) is 18.9 Å². The number of benzene rings is 1. The number of methoxy groups -OCH3 is 1. The topological polar surface area (TPSA) is 55.5 Å². The molecule has 0 saturated carbocycles. The molecule has 15 heavy (non-hydrogen) atoms. The van der Waals surface area contributed by atoms with Crippen molar-refractivity contribution in [1.29, 1.82) is 0 Å². The maximum atomic E-state index is 9.41. The van der Waals surface area contributed by atoms with Crippen molar-refractivity contribution in [3.05, 3.63) is 29.3 Å². The summed E-state index contributed by atoms with van der Waals surface area (Å²) in [4.78, 5) is 0. The summed E-state index contributed by atoms with van der Waals surface area (Å²) in [7, 11) is 1.65. The molecule has 0 amide bonds. The van der Waals surface area contributed by atoms with Crippen molar-refractivity contribution in [3.63, 3.8) is 0 Å². The first kappa shape index (κ1) is 10.5. The standard InChI is InChI=1S/C12H17NO2/c1-8-5-9-6-10(15-2)3-4-11(9)12(8,13)7-14/h3-4,6,8,14H,5,7,13H2,1-2H3. The van der Waals surface area contributed by atoms with Gasteiger partial charge in [0.25, 0.3) is 0 Å². The molecule has 0 heterocycles. The average Bonchev–Trinajstić information content (AvgIpc) is 2.51. The van der Waals surface area contributed by atoms with Gasteiger partial charge in [-0.1, -0.05) is 13.0 Å². The van der Waals surface area contributed by atoms with E-state index in [-0.39, 0.29) is 12.5 Å². The van der Waals surface area contributed by atoms with Gasteiger partial charge in [0.05, 0.1) is 19.3 Å². The zero-order valence-electron chi connectivity index (χ0n) is 9.16. The Hall–Kier alpha value is -1.06. The quantitative estimate of drug-likeness (QED) is 0.761. The van der Waals surface area contributed by atoms with E-state index in [9.17, 15) is 5.11 Å². The summed E-state index contributed by atoms with van der Waals surface area (Å²) in [5.41, 5.74) is 7.88. The third-order valence-corrected chi connectivity index (χ3v) is 3.48. The lowest BCUT2D eigenvalue weighted by Crippen LogP contribution is -2.43. The van der Waals surface area contributed by atoms with Gasteiger partial charge in [0.1, 0.15) is 5.75 Å². The van der Waals surface area contributed by atoms with Crippen molar-refractivity contribution >= 4 is 0 Å². The molecule has 82 valence electrons. The zero-order chi connectivity index (χ0) is 11.1. The molecule has 0 spiro atoms. The van der Waals surface area contributed by atoms with Crippen LogP contribution >= 0.6 is 0 Å². The molecule has 0 aromatic heterocycles. The summed E-state index contributed by atoms with van der Waals surface area (Å²) in [5.74, 6) is 1.12. The Balaban J connectivity index is 2.48. The van der Waals surface area contributed by atoms with Gasteiger partial charge in [-0.25, -0.2) is 0 Å². The highest BCUT2D eigenvalue weighted by atomic mass is 16.5. The number of aliphatic hydroxyl groups is 1. The summed E-state index contributed by atoms with van der Waals surface area (Å²) >= 11 is 0. The van der Waals surface area contributed by atoms with Crippen LogP contribution in [-0.2, 0) is 12.0 Å². The van der Waals surface area contributed by atoms with Crippen molar-refractivity contribution in [2.24, 2.45) is 11.7 Å². The maximum absolute atomic E-state index is 9.41. The minimum absolute atomic E-state index is 0.00645. The molecule has 3 heteroatoms. The second kappa shape index (κ2) is 3.51. The highest BCUT2D eigenvalue weighted by Gasteiger charge is 2.40. The van der Waals surface area contributed by atoms with Crippen molar-refractivity contribution in [2.75, 3.05) is 13.7 Å². The van der Waals surface area contributed by atoms with E-state index in [0.717, 1.165) is 17.7 Å². The fourth-order valence-corrected chi connectivity index (χ4v) is 2.34. The van der Waals surface area contributed by atoms with Crippen molar-refractivity contribution in [1.82, 2.24) is 0 Å². The van der Waals surface area contributed by atoms with Crippen LogP contribution in [0.25, 0.3) is 0 Å². The fourth-order valence-electron chi connectivity index (χ4n) is 2.34. The maximum Gasteiger partial charge on any atom is 0.119 e. The SMILES string of the molecule is COc1ccc2c(c1)CC(C)C2(N)CO. The van der Waals surface area contributed by atoms with E-state index in [2.05, 4.69) is 6.92 Å². The second-order valence-electron chi connectivity index (χ2n) is 4.33. The molecular formula is C12H17NO2. The molecule has 0 saturated heterocycles. The zero-order valence-corrected chi connectivity index (χ0v) is 9.16. The predicted octanol–water partition coefficient (Wildman–Crippen LogP) is 1.03. The van der Waals surface area contributed by atoms with E-state index in [0.29, 0.717) is 0 Å². The summed E-state index contributed by atoms with van der Waals surface area (Å²) in [6, 6.07) is 5.87. The van der Waals surface area contributed by atoms with Gasteiger partial charge in [0, 0.05) is 0 Å². The molecule has 0 radical (unpaired) electrons. The largest absolute Gasteiger partial charge is 0.497 e. The molecule has 1 aromatic carbocycles. The third-order valence-electron chi connectivity index (χ3n) is 3.48. The van der Waals surface area contributed by atoms with Gasteiger partial charge in [-0.05, 0) is 35.6 Å². The predicted molar refractivity (Wildman–Crippen MR) is 58.8 cm³/mol. The van der Waals surface area contributed by atoms with Crippen molar-refractivity contribution in [3.8, 4) is 5.75 Å². The fraction of sp³-hybridized carbons (Fsp3) is 0.500. The Morgan fingerprint density at radius 2 is 2.33 bits per heavy atom. The molecule has 2 unspecified atom stereocenters. The Morgan fingerprint density at radius 1 is 1.60 bits per heavy atom. The first-order chi connectivity index (χ1) is 7.11. The van der Waals surface area contributed by atoms with Crippen LogP contribution in [0.4, 0.5) is 0 Å². The van der Waals surface area contributed by atoms with Gasteiger partial charge in [-0.3, -0.25) is 0 Å². The Morgan fingerprint density at radius 3 is 2.93 bits per heavy atom. The molecule has 1 aromatic rings. The van der Waals surface area contributed by atoms with Gasteiger partial charge in [0.15, 0.2) is 0 Å². The lowest BCUT2D eigenvalue weighted by molar-refractivity contribution is 0.159. The lowest BCUT2D eigenvalue weighted by Gasteiger charge is -2.27. The van der Waals surface area contributed by atoms with Gasteiger partial charge in [-0.15, -0.1) is 0 Å². The van der Waals surface area contributed by atoms with Crippen LogP contribution < -0.4 is 10.5 Å². The summed E-state index contributed by atoms with van der Waals surface area (Å²) < 4.78 is 5.17. The van der Waals surface area contributed by atoms with Gasteiger partial charge >= 0.3 is 0 Å². The van der Waals surface area contributed by atoms with Crippen molar-refractivity contribution < 1.29 is 9.84 Å². The minimum atomic E-state index is -0.582. The van der Waals surface area contributed by atoms with E-state index in [1.54, 1.807) is 7.11 Å². The molecule has 2 atom stereocenters. The molecule has 1 aliphatic rings. The van der Waals surface area contributed by atoms with Crippen LogP contribution in [0, 0.1) is 5.92 Å². The molecule has 0 fully saturated rings. The highest BCUT2D eigenvalue weighted by Crippen LogP contribution is 2.40. The second-order valence-corrected chi connectivity index (χ2v) is 4.33. The Kier molecular flexibility index (Phi) is 2.44. The monoisotopic (exact) mass is 207 g/mol. The van der Waals surface area contributed by atoms with Crippen LogP contribution in [0.5, 0.6) is 5.75 Å². The number of aliphatic hydroxyl groups excluding tert-OH is 1. The lowest BCUT2D eigenvalue weighted by atomic mass is 9.87. The summed E-state index contributed by atoms with van der Waals surface area (Å²) in [6.45, 7) is 2.07. The number of ether oxygens (including phenoxy) is 1. The first-order valence-electron chi connectivity index (χ1n) is 5.19. The van der Waals surface area contributed by atoms with E-state index in [1.165, 1.54) is 5.56 Å². The van der Waals surface area contributed by atoms with Crippen LogP contribution in [0.3, 0.4) is 0 Å². The van der Waals surface area contributed by atoms with E-state index in [4.69, 9.17) is 10.5 Å². The summed E-state index contributed by atoms with van der Waals surface area (Å²) in [6.07, 6.45) is 0.906. The smallest absolute Gasteiger partial charge is 0.119 e. The molecule has 0 aliphatic heterocycles. The summed E-state index contributed by atoms with van der Waals surface area (Å²) in [5, 5.41) is 9.41.